The van der Waals surface area contributed by atoms with Gasteiger partial charge in [0.25, 0.3) is 0 Å². The topological polar surface area (TPSA) is 26.3 Å². The number of rotatable bonds is 3. The summed E-state index contributed by atoms with van der Waals surface area (Å²) in [5.41, 5.74) is 0. The molecule has 1 unspecified atom stereocenters. The van der Waals surface area contributed by atoms with E-state index in [0.717, 1.165) is 6.08 Å². The van der Waals surface area contributed by atoms with Gasteiger partial charge in [0.1, 0.15) is 6.10 Å². The molecule has 0 aliphatic rings. The first kappa shape index (κ1) is 11.0. The van der Waals surface area contributed by atoms with Crippen LogP contribution in [0.5, 0.6) is 0 Å². The van der Waals surface area contributed by atoms with Gasteiger partial charge in [-0.05, 0) is 6.42 Å². The van der Waals surface area contributed by atoms with Gasteiger partial charge in [-0.15, -0.1) is 0 Å². The smallest absolute Gasteiger partial charge is 0.452 e. The summed E-state index contributed by atoms with van der Waals surface area (Å²) in [7, 11) is 0. The lowest BCUT2D eigenvalue weighted by molar-refractivity contribution is -0.202. The maximum absolute atomic E-state index is 11.6. The first-order chi connectivity index (χ1) is 5.41. The first-order valence-electron chi connectivity index (χ1n) is 3.32. The number of halogens is 3. The fourth-order valence-electron chi connectivity index (χ4n) is 0.502. The lowest BCUT2D eigenvalue weighted by Crippen LogP contribution is -2.29. The summed E-state index contributed by atoms with van der Waals surface area (Å²) in [5, 5.41) is 0. The largest absolute Gasteiger partial charge is 0.490 e. The van der Waals surface area contributed by atoms with Gasteiger partial charge in [0, 0.05) is 0 Å². The number of hydrogen-bond donors (Lipinski definition) is 0. The molecule has 0 radical (unpaired) electrons. The Morgan fingerprint density at radius 1 is 1.67 bits per heavy atom. The van der Waals surface area contributed by atoms with E-state index in [2.05, 4.69) is 11.3 Å². The number of carbonyl (C=O) groups excluding carboxylic acids is 1. The van der Waals surface area contributed by atoms with Crippen LogP contribution in [-0.4, -0.2) is 18.2 Å². The molecule has 0 aromatic carbocycles. The predicted octanol–water partition coefficient (Wildman–Crippen LogP) is 2.06. The number of alkyl halides is 3. The van der Waals surface area contributed by atoms with E-state index in [1.165, 1.54) is 0 Å². The molecule has 12 heavy (non-hydrogen) atoms. The van der Waals surface area contributed by atoms with Crippen molar-refractivity contribution < 1.29 is 22.7 Å². The minimum atomic E-state index is -4.92. The van der Waals surface area contributed by atoms with Crippen molar-refractivity contribution in [2.24, 2.45) is 0 Å². The molecule has 0 aromatic heterocycles. The molecule has 0 saturated carbocycles. The van der Waals surface area contributed by atoms with Crippen LogP contribution in [0, 0.1) is 0 Å². The Morgan fingerprint density at radius 3 is 2.42 bits per heavy atom. The molecule has 2 nitrogen and oxygen atoms in total. The second kappa shape index (κ2) is 4.13. The summed E-state index contributed by atoms with van der Waals surface area (Å²) >= 11 is 0. The quantitative estimate of drug-likeness (QED) is 0.493. The fraction of sp³-hybridized carbons (Fsp3) is 0.571. The van der Waals surface area contributed by atoms with Crippen molar-refractivity contribution in [3.8, 4) is 0 Å². The summed E-state index contributed by atoms with van der Waals surface area (Å²) in [6, 6.07) is 0. The van der Waals surface area contributed by atoms with Gasteiger partial charge in [0.2, 0.25) is 0 Å². The van der Waals surface area contributed by atoms with Crippen LogP contribution in [0.4, 0.5) is 13.2 Å². The van der Waals surface area contributed by atoms with Gasteiger partial charge < -0.3 is 4.74 Å². The third-order valence-electron chi connectivity index (χ3n) is 1.16. The summed E-state index contributed by atoms with van der Waals surface area (Å²) < 4.78 is 38.8. The average Bonchev–Trinajstić information content (AvgIpc) is 1.97. The van der Waals surface area contributed by atoms with Crippen molar-refractivity contribution >= 4 is 5.97 Å². The van der Waals surface area contributed by atoms with Gasteiger partial charge in [-0.1, -0.05) is 19.6 Å². The Morgan fingerprint density at radius 2 is 2.17 bits per heavy atom. The van der Waals surface area contributed by atoms with Crippen LogP contribution >= 0.6 is 0 Å². The molecule has 0 amide bonds. The SMILES string of the molecule is C=CC(CC)OC(=O)C(F)(F)F. The third kappa shape index (κ3) is 3.41. The van der Waals surface area contributed by atoms with E-state index < -0.39 is 18.2 Å². The van der Waals surface area contributed by atoms with Crippen molar-refractivity contribution in [3.63, 3.8) is 0 Å². The lowest BCUT2D eigenvalue weighted by Gasteiger charge is -2.12. The zero-order valence-corrected chi connectivity index (χ0v) is 6.52. The molecule has 0 aliphatic carbocycles. The highest BCUT2D eigenvalue weighted by Crippen LogP contribution is 2.18. The minimum Gasteiger partial charge on any atom is -0.452 e. The van der Waals surface area contributed by atoms with Crippen LogP contribution in [-0.2, 0) is 9.53 Å². The van der Waals surface area contributed by atoms with Gasteiger partial charge in [-0.25, -0.2) is 4.79 Å². The summed E-state index contributed by atoms with van der Waals surface area (Å²) in [4.78, 5) is 10.2. The maximum atomic E-state index is 11.6. The first-order valence-corrected chi connectivity index (χ1v) is 3.32. The molecule has 0 heterocycles. The second-order valence-electron chi connectivity index (χ2n) is 2.09. The molecule has 0 aromatic rings. The van der Waals surface area contributed by atoms with Crippen molar-refractivity contribution in [1.29, 1.82) is 0 Å². The monoisotopic (exact) mass is 182 g/mol. The number of ether oxygens (including phenoxy) is 1. The average molecular weight is 182 g/mol. The molecule has 0 fully saturated rings. The highest BCUT2D eigenvalue weighted by Gasteiger charge is 2.41. The molecule has 0 spiro atoms. The summed E-state index contributed by atoms with van der Waals surface area (Å²) in [6.07, 6.45) is -4.34. The van der Waals surface area contributed by atoms with Gasteiger partial charge >= 0.3 is 12.1 Å². The van der Waals surface area contributed by atoms with E-state index in [9.17, 15) is 18.0 Å². The Kier molecular flexibility index (Phi) is 3.79. The molecule has 1 atom stereocenters. The molecule has 0 bridgehead atoms. The minimum absolute atomic E-state index is 0.283. The van der Waals surface area contributed by atoms with Crippen LogP contribution < -0.4 is 0 Å². The van der Waals surface area contributed by atoms with Gasteiger partial charge in [-0.3, -0.25) is 0 Å². The molecular weight excluding hydrogens is 173 g/mol. The highest BCUT2D eigenvalue weighted by atomic mass is 19.4. The van der Waals surface area contributed by atoms with E-state index in [-0.39, 0.29) is 6.42 Å². The standard InChI is InChI=1S/C7H9F3O2/c1-3-5(4-2)12-6(11)7(8,9)10/h3,5H,1,4H2,2H3. The third-order valence-corrected chi connectivity index (χ3v) is 1.16. The Labute approximate surface area is 68.0 Å². The molecular formula is C7H9F3O2. The fourth-order valence-corrected chi connectivity index (χ4v) is 0.502. The Balaban J connectivity index is 4.08. The predicted molar refractivity (Wildman–Crippen MR) is 36.4 cm³/mol. The van der Waals surface area contributed by atoms with E-state index >= 15 is 0 Å². The van der Waals surface area contributed by atoms with Crippen LogP contribution in [0.15, 0.2) is 12.7 Å². The van der Waals surface area contributed by atoms with Crippen molar-refractivity contribution in [1.82, 2.24) is 0 Å². The van der Waals surface area contributed by atoms with Crippen LogP contribution in [0.1, 0.15) is 13.3 Å². The molecule has 70 valence electrons. The van der Waals surface area contributed by atoms with E-state index in [0.29, 0.717) is 0 Å². The van der Waals surface area contributed by atoms with Crippen LogP contribution in [0.2, 0.25) is 0 Å². The van der Waals surface area contributed by atoms with E-state index in [1.807, 2.05) is 0 Å². The number of hydrogen-bond acceptors (Lipinski definition) is 2. The van der Waals surface area contributed by atoms with Crippen LogP contribution in [0.3, 0.4) is 0 Å². The van der Waals surface area contributed by atoms with Gasteiger partial charge in [0.05, 0.1) is 0 Å². The van der Waals surface area contributed by atoms with Crippen LogP contribution in [0.25, 0.3) is 0 Å². The van der Waals surface area contributed by atoms with Crippen molar-refractivity contribution in [3.05, 3.63) is 12.7 Å². The summed E-state index contributed by atoms with van der Waals surface area (Å²) in [6.45, 7) is 4.82. The van der Waals surface area contributed by atoms with Crippen molar-refractivity contribution in [2.75, 3.05) is 0 Å². The maximum Gasteiger partial charge on any atom is 0.490 e. The van der Waals surface area contributed by atoms with E-state index in [1.54, 1.807) is 6.92 Å². The summed E-state index contributed by atoms with van der Waals surface area (Å²) in [5.74, 6) is -2.17. The number of carbonyl (C=O) groups is 1. The van der Waals surface area contributed by atoms with E-state index in [4.69, 9.17) is 0 Å². The molecule has 5 heteroatoms. The molecule has 0 rings (SSSR count). The molecule has 0 saturated heterocycles. The number of esters is 1. The van der Waals surface area contributed by atoms with Gasteiger partial charge in [-0.2, -0.15) is 13.2 Å². The lowest BCUT2D eigenvalue weighted by atomic mass is 10.3. The zero-order valence-electron chi connectivity index (χ0n) is 6.52. The Bertz CT molecular complexity index is 174. The highest BCUT2D eigenvalue weighted by molar-refractivity contribution is 5.75. The van der Waals surface area contributed by atoms with Gasteiger partial charge in [0.15, 0.2) is 0 Å². The Hall–Kier alpha value is -1.00. The molecule has 0 N–H and O–H groups in total. The normalized spacial score (nSPS) is 13.7. The second-order valence-corrected chi connectivity index (χ2v) is 2.09. The molecule has 0 aliphatic heterocycles. The van der Waals surface area contributed by atoms with Crippen molar-refractivity contribution in [2.45, 2.75) is 25.6 Å². The zero-order chi connectivity index (χ0) is 9.78.